The second kappa shape index (κ2) is 10.4. The first-order valence-corrected chi connectivity index (χ1v) is 9.64. The van der Waals surface area contributed by atoms with Crippen LogP contribution in [0.25, 0.3) is 11.1 Å². The lowest BCUT2D eigenvalue weighted by Gasteiger charge is -2.13. The fourth-order valence-electron chi connectivity index (χ4n) is 3.05. The summed E-state index contributed by atoms with van der Waals surface area (Å²) in [5, 5.41) is 16.4. The summed E-state index contributed by atoms with van der Waals surface area (Å²) in [5.74, 6) is -0.381. The number of hydrogen-bond acceptors (Lipinski definition) is 7. The molecule has 8 heteroatoms. The minimum atomic E-state index is -0.942. The molecule has 1 atom stereocenters. The van der Waals surface area contributed by atoms with Crippen molar-refractivity contribution in [2.24, 2.45) is 11.1 Å². The Hall–Kier alpha value is -3.39. The number of rotatable bonds is 11. The minimum Gasteiger partial charge on any atom is -0.492 e. The van der Waals surface area contributed by atoms with Crippen LogP contribution in [0.4, 0.5) is 0 Å². The Morgan fingerprint density at radius 2 is 2.10 bits per heavy atom. The van der Waals surface area contributed by atoms with Gasteiger partial charge in [0, 0.05) is 6.54 Å². The van der Waals surface area contributed by atoms with E-state index in [1.165, 1.54) is 7.11 Å². The molecular formula is C22H25N3O5. The Morgan fingerprint density at radius 3 is 2.87 bits per heavy atom. The second-order valence-corrected chi connectivity index (χ2v) is 6.76. The summed E-state index contributed by atoms with van der Waals surface area (Å²) in [5.41, 5.74) is 2.88. The van der Waals surface area contributed by atoms with Crippen molar-refractivity contribution >= 4 is 22.8 Å². The first-order valence-electron chi connectivity index (χ1n) is 9.64. The molecule has 0 radical (unpaired) electrons. The number of carbonyl (C=O) groups is 1. The monoisotopic (exact) mass is 411 g/mol. The van der Waals surface area contributed by atoms with Gasteiger partial charge in [-0.2, -0.15) is 0 Å². The van der Waals surface area contributed by atoms with E-state index in [0.29, 0.717) is 43.5 Å². The number of aliphatic carboxylic acids is 1. The maximum Gasteiger partial charge on any atom is 0.312 e. The van der Waals surface area contributed by atoms with Crippen LogP contribution < -0.4 is 10.1 Å². The third-order valence-electron chi connectivity index (χ3n) is 4.54. The molecule has 0 amide bonds. The summed E-state index contributed by atoms with van der Waals surface area (Å²) in [4.78, 5) is 20.7. The van der Waals surface area contributed by atoms with Crippen LogP contribution in [0.1, 0.15) is 18.4 Å². The lowest BCUT2D eigenvalue weighted by molar-refractivity contribution is -0.139. The van der Waals surface area contributed by atoms with Crippen molar-refractivity contribution in [1.82, 2.24) is 10.3 Å². The molecule has 0 spiro atoms. The van der Waals surface area contributed by atoms with Gasteiger partial charge in [-0.1, -0.05) is 29.4 Å². The molecule has 1 aromatic heterocycles. The van der Waals surface area contributed by atoms with Gasteiger partial charge in [0.2, 0.25) is 5.89 Å². The fraction of sp³-hybridized carbons (Fsp3) is 0.318. The number of carboxylic acids is 1. The molecule has 2 aromatic carbocycles. The van der Waals surface area contributed by atoms with E-state index in [-0.39, 0.29) is 0 Å². The molecule has 1 heterocycles. The summed E-state index contributed by atoms with van der Waals surface area (Å²) in [7, 11) is 1.40. The van der Waals surface area contributed by atoms with Crippen LogP contribution in [0.15, 0.2) is 58.1 Å². The molecule has 8 nitrogen and oxygen atoms in total. The van der Waals surface area contributed by atoms with Gasteiger partial charge >= 0.3 is 5.97 Å². The summed E-state index contributed by atoms with van der Waals surface area (Å²) in [6.07, 6.45) is 0.307. The van der Waals surface area contributed by atoms with Crippen molar-refractivity contribution in [2.75, 3.05) is 20.3 Å². The first-order chi connectivity index (χ1) is 14.6. The average Bonchev–Trinajstić information content (AvgIpc) is 3.15. The predicted octanol–water partition coefficient (Wildman–Crippen LogP) is 3.26. The number of carboxylic acid groups (broad SMARTS) is 1. The van der Waals surface area contributed by atoms with E-state index in [1.807, 2.05) is 48.5 Å². The smallest absolute Gasteiger partial charge is 0.312 e. The number of aromatic nitrogens is 1. The van der Waals surface area contributed by atoms with E-state index in [0.717, 1.165) is 16.7 Å². The maximum atomic E-state index is 11.5. The van der Waals surface area contributed by atoms with Gasteiger partial charge in [-0.05, 0) is 43.2 Å². The Bertz CT molecular complexity index is 982. The highest BCUT2D eigenvalue weighted by Gasteiger charge is 2.22. The number of oxazole rings is 1. The number of para-hydroxylation sites is 2. The number of ether oxygens (including phenoxy) is 1. The van der Waals surface area contributed by atoms with E-state index in [4.69, 9.17) is 14.0 Å². The van der Waals surface area contributed by atoms with E-state index in [2.05, 4.69) is 15.5 Å². The largest absolute Gasteiger partial charge is 0.492 e. The van der Waals surface area contributed by atoms with Gasteiger partial charge in [-0.3, -0.25) is 4.79 Å². The van der Waals surface area contributed by atoms with Gasteiger partial charge < -0.3 is 24.4 Å². The lowest BCUT2D eigenvalue weighted by Crippen LogP contribution is -2.24. The van der Waals surface area contributed by atoms with Crippen molar-refractivity contribution < 1.29 is 23.9 Å². The second-order valence-electron chi connectivity index (χ2n) is 6.76. The molecule has 0 fully saturated rings. The zero-order chi connectivity index (χ0) is 21.3. The lowest BCUT2D eigenvalue weighted by atomic mass is 9.95. The number of hydrogen-bond donors (Lipinski definition) is 2. The molecule has 0 aliphatic carbocycles. The summed E-state index contributed by atoms with van der Waals surface area (Å²) in [6, 6.07) is 15.0. The van der Waals surface area contributed by atoms with Crippen LogP contribution in [-0.4, -0.2) is 42.0 Å². The van der Waals surface area contributed by atoms with Gasteiger partial charge in [-0.15, -0.1) is 0 Å². The molecule has 3 aromatic rings. The molecule has 30 heavy (non-hydrogen) atoms. The number of fused-ring (bicyclic) bond motifs is 1. The van der Waals surface area contributed by atoms with E-state index < -0.39 is 11.9 Å². The molecule has 0 bridgehead atoms. The molecule has 0 aliphatic rings. The number of nitrogens with zero attached hydrogens (tertiary/aromatic N) is 2. The fourth-order valence-corrected chi connectivity index (χ4v) is 3.05. The van der Waals surface area contributed by atoms with Gasteiger partial charge in [0.05, 0.1) is 12.3 Å². The third-order valence-corrected chi connectivity index (χ3v) is 4.54. The van der Waals surface area contributed by atoms with Gasteiger partial charge in [0.1, 0.15) is 30.9 Å². The number of oxime groups is 1. The predicted molar refractivity (Wildman–Crippen MR) is 113 cm³/mol. The zero-order valence-electron chi connectivity index (χ0n) is 17.0. The number of benzene rings is 2. The topological polar surface area (TPSA) is 106 Å². The Balaban J connectivity index is 1.47. The van der Waals surface area contributed by atoms with Gasteiger partial charge in [0.15, 0.2) is 5.58 Å². The highest BCUT2D eigenvalue weighted by atomic mass is 16.6. The van der Waals surface area contributed by atoms with Crippen LogP contribution in [0, 0.1) is 5.92 Å². The summed E-state index contributed by atoms with van der Waals surface area (Å²) < 4.78 is 11.4. The zero-order valence-corrected chi connectivity index (χ0v) is 17.0. The first kappa shape index (κ1) is 21.3. The molecular weight excluding hydrogens is 386 g/mol. The van der Waals surface area contributed by atoms with Crippen molar-refractivity contribution in [1.29, 1.82) is 0 Å². The average molecular weight is 411 g/mol. The van der Waals surface area contributed by atoms with E-state index in [9.17, 15) is 9.90 Å². The SMILES string of the molecule is CO/N=C(\C)C(Cc1cccc(OCCNCc2nc3ccccc3o2)c1)C(=O)O. The third kappa shape index (κ3) is 5.81. The molecule has 0 saturated heterocycles. The Morgan fingerprint density at radius 1 is 1.27 bits per heavy atom. The van der Waals surface area contributed by atoms with Gasteiger partial charge in [-0.25, -0.2) is 4.98 Å². The standard InChI is InChI=1S/C22H25N3O5/c1-15(25-28-2)18(22(26)27)13-16-6-5-7-17(12-16)29-11-10-23-14-21-24-19-8-3-4-9-20(19)30-21/h3-9,12,18,23H,10-11,13-14H2,1-2H3,(H,26,27)/b25-15+. The maximum absolute atomic E-state index is 11.5. The van der Waals surface area contributed by atoms with Gasteiger partial charge in [0.25, 0.3) is 0 Å². The summed E-state index contributed by atoms with van der Waals surface area (Å²) >= 11 is 0. The quantitative estimate of drug-likeness (QED) is 0.283. The van der Waals surface area contributed by atoms with Crippen LogP contribution in [0.5, 0.6) is 5.75 Å². The highest BCUT2D eigenvalue weighted by molar-refractivity contribution is 6.00. The highest BCUT2D eigenvalue weighted by Crippen LogP contribution is 2.18. The number of nitrogens with one attached hydrogen (secondary N) is 1. The van der Waals surface area contributed by atoms with Crippen LogP contribution in [0.3, 0.4) is 0 Å². The molecule has 3 rings (SSSR count). The van der Waals surface area contributed by atoms with Crippen LogP contribution in [-0.2, 0) is 22.6 Å². The van der Waals surface area contributed by atoms with Crippen molar-refractivity contribution in [2.45, 2.75) is 19.9 Å². The summed E-state index contributed by atoms with van der Waals surface area (Å²) in [6.45, 7) is 3.22. The molecule has 158 valence electrons. The van der Waals surface area contributed by atoms with Crippen molar-refractivity contribution in [3.8, 4) is 5.75 Å². The van der Waals surface area contributed by atoms with Crippen molar-refractivity contribution in [3.63, 3.8) is 0 Å². The van der Waals surface area contributed by atoms with Crippen LogP contribution in [0.2, 0.25) is 0 Å². The Labute approximate surface area is 174 Å². The normalized spacial score (nSPS) is 12.7. The molecule has 1 unspecified atom stereocenters. The minimum absolute atomic E-state index is 0.307. The van der Waals surface area contributed by atoms with Crippen LogP contribution >= 0.6 is 0 Å². The Kier molecular flexibility index (Phi) is 7.40. The van der Waals surface area contributed by atoms with E-state index in [1.54, 1.807) is 6.92 Å². The molecule has 2 N–H and O–H groups in total. The van der Waals surface area contributed by atoms with Crippen molar-refractivity contribution in [3.05, 3.63) is 60.0 Å². The molecule has 0 saturated carbocycles. The molecule has 0 aliphatic heterocycles. The van der Waals surface area contributed by atoms with E-state index >= 15 is 0 Å².